The molecule has 1 fully saturated rings. The number of rotatable bonds is 9. The van der Waals surface area contributed by atoms with Gasteiger partial charge in [-0.15, -0.1) is 24.0 Å². The molecule has 2 N–H and O–H groups in total. The van der Waals surface area contributed by atoms with Crippen molar-refractivity contribution in [3.63, 3.8) is 0 Å². The van der Waals surface area contributed by atoms with Gasteiger partial charge in [-0.3, -0.25) is 4.99 Å². The number of hydrogen-bond acceptors (Lipinski definition) is 4. The molecule has 0 aliphatic carbocycles. The van der Waals surface area contributed by atoms with Gasteiger partial charge in [0.25, 0.3) is 0 Å². The summed E-state index contributed by atoms with van der Waals surface area (Å²) in [7, 11) is 4.01. The maximum atomic E-state index is 5.92. The summed E-state index contributed by atoms with van der Waals surface area (Å²) in [5.41, 5.74) is 2.31. The molecule has 6 nitrogen and oxygen atoms in total. The summed E-state index contributed by atoms with van der Waals surface area (Å²) in [5.74, 6) is 2.47. The number of likely N-dealkylation sites (tertiary alicyclic amines) is 1. The number of benzene rings is 1. The lowest BCUT2D eigenvalue weighted by Crippen LogP contribution is -2.42. The Labute approximate surface area is 187 Å². The first kappa shape index (κ1) is 25.0. The van der Waals surface area contributed by atoms with Crippen LogP contribution in [0.4, 0.5) is 0 Å². The van der Waals surface area contributed by atoms with Gasteiger partial charge in [-0.05, 0) is 64.4 Å². The van der Waals surface area contributed by atoms with Crippen LogP contribution >= 0.6 is 24.0 Å². The quantitative estimate of drug-likeness (QED) is 0.235. The second-order valence-corrected chi connectivity index (χ2v) is 7.21. The molecule has 0 radical (unpaired) electrons. The summed E-state index contributed by atoms with van der Waals surface area (Å²) >= 11 is 0. The van der Waals surface area contributed by atoms with Gasteiger partial charge in [0.1, 0.15) is 12.4 Å². The zero-order valence-electron chi connectivity index (χ0n) is 17.8. The molecule has 0 spiro atoms. The number of nitrogens with one attached hydrogen (secondary N) is 2. The standard InChI is InChI=1S/C21H36N4O2.HI/c1-5-26-12-13-27-20-14-17(2)6-7-19(20)16-24-21(22-3)23-15-18-8-10-25(4)11-9-18;/h6-7,14,18H,5,8-13,15-16H2,1-4H3,(H2,22,23,24);1H. The van der Waals surface area contributed by atoms with Gasteiger partial charge in [0.05, 0.1) is 6.61 Å². The molecule has 0 atom stereocenters. The van der Waals surface area contributed by atoms with Crippen molar-refractivity contribution in [1.29, 1.82) is 0 Å². The van der Waals surface area contributed by atoms with E-state index in [2.05, 4.69) is 52.7 Å². The molecule has 0 bridgehead atoms. The van der Waals surface area contributed by atoms with E-state index in [1.54, 1.807) is 0 Å². The highest BCUT2D eigenvalue weighted by molar-refractivity contribution is 14.0. The summed E-state index contributed by atoms with van der Waals surface area (Å²) in [6, 6.07) is 6.31. The number of piperidine rings is 1. The van der Waals surface area contributed by atoms with Gasteiger partial charge in [-0.1, -0.05) is 12.1 Å². The number of hydrogen-bond donors (Lipinski definition) is 2. The van der Waals surface area contributed by atoms with Crippen molar-refractivity contribution in [2.45, 2.75) is 33.2 Å². The minimum Gasteiger partial charge on any atom is -0.491 e. The summed E-state index contributed by atoms with van der Waals surface area (Å²) in [4.78, 5) is 6.76. The molecule has 2 rings (SSSR count). The van der Waals surface area contributed by atoms with Crippen LogP contribution in [0.25, 0.3) is 0 Å². The van der Waals surface area contributed by atoms with Crippen molar-refractivity contribution in [3.8, 4) is 5.75 Å². The van der Waals surface area contributed by atoms with Crippen molar-refractivity contribution >= 4 is 29.9 Å². The molecule has 160 valence electrons. The lowest BCUT2D eigenvalue weighted by atomic mass is 9.97. The Balaban J connectivity index is 0.00000392. The van der Waals surface area contributed by atoms with Crippen molar-refractivity contribution < 1.29 is 9.47 Å². The van der Waals surface area contributed by atoms with E-state index < -0.39 is 0 Å². The SMILES string of the molecule is CCOCCOc1cc(C)ccc1CNC(=NC)NCC1CCN(C)CC1.I. The highest BCUT2D eigenvalue weighted by Crippen LogP contribution is 2.20. The smallest absolute Gasteiger partial charge is 0.191 e. The van der Waals surface area contributed by atoms with E-state index in [4.69, 9.17) is 9.47 Å². The van der Waals surface area contributed by atoms with E-state index in [1.165, 1.54) is 31.5 Å². The van der Waals surface area contributed by atoms with Crippen LogP contribution in [0.1, 0.15) is 30.9 Å². The Kier molecular flexibility index (Phi) is 12.5. The minimum absolute atomic E-state index is 0. The number of guanidine groups is 1. The molecule has 0 unspecified atom stereocenters. The number of aryl methyl sites for hydroxylation is 1. The third-order valence-electron chi connectivity index (χ3n) is 4.98. The zero-order valence-corrected chi connectivity index (χ0v) is 20.1. The van der Waals surface area contributed by atoms with Crippen LogP contribution in [0.5, 0.6) is 5.75 Å². The Morgan fingerprint density at radius 1 is 1.21 bits per heavy atom. The van der Waals surface area contributed by atoms with E-state index in [0.29, 0.717) is 26.4 Å². The topological polar surface area (TPSA) is 58.1 Å². The molecule has 1 aromatic rings. The summed E-state index contributed by atoms with van der Waals surface area (Å²) in [6.45, 7) is 9.97. The van der Waals surface area contributed by atoms with E-state index in [-0.39, 0.29) is 24.0 Å². The zero-order chi connectivity index (χ0) is 19.5. The van der Waals surface area contributed by atoms with Crippen molar-refractivity contribution in [3.05, 3.63) is 29.3 Å². The predicted molar refractivity (Wildman–Crippen MR) is 127 cm³/mol. The Morgan fingerprint density at radius 3 is 2.64 bits per heavy atom. The first-order chi connectivity index (χ1) is 13.1. The fourth-order valence-electron chi connectivity index (χ4n) is 3.20. The highest BCUT2D eigenvalue weighted by atomic mass is 127. The monoisotopic (exact) mass is 504 g/mol. The highest BCUT2D eigenvalue weighted by Gasteiger charge is 2.16. The second-order valence-electron chi connectivity index (χ2n) is 7.21. The lowest BCUT2D eigenvalue weighted by Gasteiger charge is -2.29. The van der Waals surface area contributed by atoms with Crippen LogP contribution < -0.4 is 15.4 Å². The Bertz CT molecular complexity index is 590. The fourth-order valence-corrected chi connectivity index (χ4v) is 3.20. The van der Waals surface area contributed by atoms with Crippen molar-refractivity contribution in [1.82, 2.24) is 15.5 Å². The van der Waals surface area contributed by atoms with Gasteiger partial charge in [0, 0.05) is 32.3 Å². The van der Waals surface area contributed by atoms with Crippen LogP contribution in [0.2, 0.25) is 0 Å². The summed E-state index contributed by atoms with van der Waals surface area (Å²) in [6.07, 6.45) is 2.49. The molecule has 1 heterocycles. The minimum atomic E-state index is 0. The number of halogens is 1. The van der Waals surface area contributed by atoms with Gasteiger partial charge in [0.2, 0.25) is 0 Å². The van der Waals surface area contributed by atoms with Crippen LogP contribution in [0.3, 0.4) is 0 Å². The van der Waals surface area contributed by atoms with Crippen molar-refractivity contribution in [2.24, 2.45) is 10.9 Å². The molecular formula is C21H37IN4O2. The maximum absolute atomic E-state index is 5.92. The van der Waals surface area contributed by atoms with E-state index in [9.17, 15) is 0 Å². The van der Waals surface area contributed by atoms with E-state index >= 15 is 0 Å². The average Bonchev–Trinajstić information content (AvgIpc) is 2.68. The molecule has 1 aliphatic heterocycles. The molecular weight excluding hydrogens is 467 g/mol. The predicted octanol–water partition coefficient (Wildman–Crippen LogP) is 3.04. The Morgan fingerprint density at radius 2 is 1.96 bits per heavy atom. The van der Waals surface area contributed by atoms with Crippen LogP contribution in [-0.4, -0.2) is 64.4 Å². The number of ether oxygens (including phenoxy) is 2. The third-order valence-corrected chi connectivity index (χ3v) is 4.98. The van der Waals surface area contributed by atoms with Crippen LogP contribution in [0, 0.1) is 12.8 Å². The molecule has 0 aromatic heterocycles. The normalized spacial score (nSPS) is 15.8. The van der Waals surface area contributed by atoms with E-state index in [1.807, 2.05) is 14.0 Å². The van der Waals surface area contributed by atoms with Crippen LogP contribution in [-0.2, 0) is 11.3 Å². The third kappa shape index (κ3) is 8.96. The summed E-state index contributed by atoms with van der Waals surface area (Å²) in [5, 5.41) is 6.89. The largest absolute Gasteiger partial charge is 0.491 e. The first-order valence-electron chi connectivity index (χ1n) is 10.1. The molecule has 0 amide bonds. The molecule has 28 heavy (non-hydrogen) atoms. The summed E-state index contributed by atoms with van der Waals surface area (Å²) < 4.78 is 11.3. The average molecular weight is 504 g/mol. The lowest BCUT2D eigenvalue weighted by molar-refractivity contribution is 0.110. The van der Waals surface area contributed by atoms with Gasteiger partial charge >= 0.3 is 0 Å². The molecule has 0 saturated carbocycles. The first-order valence-corrected chi connectivity index (χ1v) is 10.1. The van der Waals surface area contributed by atoms with E-state index in [0.717, 1.165) is 29.7 Å². The van der Waals surface area contributed by atoms with Gasteiger partial charge in [-0.2, -0.15) is 0 Å². The molecule has 7 heteroatoms. The molecule has 1 aromatic carbocycles. The molecule has 1 saturated heterocycles. The number of nitrogens with zero attached hydrogens (tertiary/aromatic N) is 2. The molecule has 1 aliphatic rings. The van der Waals surface area contributed by atoms with Gasteiger partial charge < -0.3 is 25.0 Å². The van der Waals surface area contributed by atoms with Crippen LogP contribution in [0.15, 0.2) is 23.2 Å². The second kappa shape index (κ2) is 14.0. The van der Waals surface area contributed by atoms with Gasteiger partial charge in [-0.25, -0.2) is 0 Å². The Hall–Kier alpha value is -1.06. The van der Waals surface area contributed by atoms with Crippen molar-refractivity contribution in [2.75, 3.05) is 53.6 Å². The fraction of sp³-hybridized carbons (Fsp3) is 0.667. The van der Waals surface area contributed by atoms with Gasteiger partial charge in [0.15, 0.2) is 5.96 Å². The maximum Gasteiger partial charge on any atom is 0.191 e. The number of aliphatic imine (C=N–C) groups is 1.